The highest BCUT2D eigenvalue weighted by Gasteiger charge is 2.20. The van der Waals surface area contributed by atoms with Gasteiger partial charge >= 0.3 is 12.1 Å². The molecule has 8 nitrogen and oxygen atoms in total. The molecule has 2 aromatic carbocycles. The zero-order chi connectivity index (χ0) is 24.1. The molecule has 1 amide bonds. The number of nitrogens with one attached hydrogen (secondary N) is 1. The van der Waals surface area contributed by atoms with E-state index in [-0.39, 0.29) is 11.7 Å². The van der Waals surface area contributed by atoms with Gasteiger partial charge in [0, 0.05) is 42.9 Å². The maximum absolute atomic E-state index is 12.4. The molecule has 0 saturated heterocycles. The summed E-state index contributed by atoms with van der Waals surface area (Å²) in [6.45, 7) is 1.24. The summed E-state index contributed by atoms with van der Waals surface area (Å²) in [6, 6.07) is 10.7. The van der Waals surface area contributed by atoms with E-state index in [0.29, 0.717) is 31.0 Å². The Morgan fingerprint density at radius 2 is 1.88 bits per heavy atom. The van der Waals surface area contributed by atoms with Gasteiger partial charge in [0.05, 0.1) is 19.3 Å². The molecule has 1 aromatic heterocycles. The van der Waals surface area contributed by atoms with Crippen molar-refractivity contribution in [3.8, 4) is 5.75 Å². The van der Waals surface area contributed by atoms with E-state index in [1.165, 1.54) is 13.2 Å². The number of hydrogen-bond donors (Lipinski definition) is 2. The molecule has 1 fully saturated rings. The van der Waals surface area contributed by atoms with Crippen molar-refractivity contribution in [2.75, 3.05) is 26.1 Å². The fourth-order valence-electron chi connectivity index (χ4n) is 4.50. The van der Waals surface area contributed by atoms with Gasteiger partial charge in [0.2, 0.25) is 0 Å². The summed E-state index contributed by atoms with van der Waals surface area (Å²) >= 11 is 0. The van der Waals surface area contributed by atoms with Gasteiger partial charge in [0.25, 0.3) is 0 Å². The Balaban J connectivity index is 1.63. The highest BCUT2D eigenvalue weighted by molar-refractivity contribution is 5.92. The zero-order valence-corrected chi connectivity index (χ0v) is 19.5. The quantitative estimate of drug-likeness (QED) is 0.456. The minimum absolute atomic E-state index is 0.00402. The van der Waals surface area contributed by atoms with E-state index >= 15 is 0 Å². The van der Waals surface area contributed by atoms with E-state index in [1.54, 1.807) is 19.2 Å². The lowest BCUT2D eigenvalue weighted by Gasteiger charge is -2.13. The summed E-state index contributed by atoms with van der Waals surface area (Å²) in [7, 11) is 3.20. The normalized spacial score (nSPS) is 13.8. The molecule has 0 spiro atoms. The first-order valence-electron chi connectivity index (χ1n) is 11.5. The van der Waals surface area contributed by atoms with Crippen LogP contribution >= 0.6 is 0 Å². The topological polar surface area (TPSA) is 99.0 Å². The number of methoxy groups -OCH3 is 2. The predicted molar refractivity (Wildman–Crippen MR) is 129 cm³/mol. The predicted octanol–water partition coefficient (Wildman–Crippen LogP) is 5.08. The lowest BCUT2D eigenvalue weighted by molar-refractivity contribution is 0.0696. The summed E-state index contributed by atoms with van der Waals surface area (Å²) in [5.74, 6) is -0.478. The van der Waals surface area contributed by atoms with E-state index in [1.807, 2.05) is 18.2 Å². The number of rotatable bonds is 9. The van der Waals surface area contributed by atoms with Crippen LogP contribution in [0.4, 0.5) is 10.5 Å². The number of benzene rings is 2. The number of carbonyl (C=O) groups is 2. The third-order valence-electron chi connectivity index (χ3n) is 6.24. The molecule has 4 rings (SSSR count). The van der Waals surface area contributed by atoms with Crippen LogP contribution in [0, 0.1) is 0 Å². The zero-order valence-electron chi connectivity index (χ0n) is 19.5. The van der Waals surface area contributed by atoms with Crippen molar-refractivity contribution in [3.05, 3.63) is 59.3 Å². The summed E-state index contributed by atoms with van der Waals surface area (Å²) < 4.78 is 18.4. The summed E-state index contributed by atoms with van der Waals surface area (Å²) in [5, 5.41) is 13.1. The molecule has 1 saturated carbocycles. The van der Waals surface area contributed by atoms with Crippen LogP contribution in [0.2, 0.25) is 0 Å². The van der Waals surface area contributed by atoms with Gasteiger partial charge in [-0.2, -0.15) is 0 Å². The van der Waals surface area contributed by atoms with E-state index in [9.17, 15) is 14.7 Å². The lowest BCUT2D eigenvalue weighted by Crippen LogP contribution is -2.20. The van der Waals surface area contributed by atoms with Crippen molar-refractivity contribution in [1.29, 1.82) is 0 Å². The molecule has 0 unspecified atom stereocenters. The van der Waals surface area contributed by atoms with Gasteiger partial charge in [0.15, 0.2) is 0 Å². The summed E-state index contributed by atoms with van der Waals surface area (Å²) in [5.41, 5.74) is 3.75. The minimum Gasteiger partial charge on any atom is -0.496 e. The van der Waals surface area contributed by atoms with Crippen LogP contribution in [-0.2, 0) is 22.4 Å². The molecule has 0 radical (unpaired) electrons. The van der Waals surface area contributed by atoms with Crippen LogP contribution in [0.3, 0.4) is 0 Å². The Morgan fingerprint density at radius 3 is 2.59 bits per heavy atom. The molecule has 2 N–H and O–H groups in total. The third kappa shape index (κ3) is 5.34. The van der Waals surface area contributed by atoms with Crippen LogP contribution in [0.15, 0.2) is 42.6 Å². The molecule has 1 heterocycles. The van der Waals surface area contributed by atoms with Crippen LogP contribution in [-0.4, -0.2) is 48.7 Å². The standard InChI is InChI=1S/C26H30N2O6/c1-32-12-11-28-16-19(13-17-7-8-18(25(29)30)14-24(17)33-2)22-15-20(9-10-23(22)28)27-26(31)34-21-5-3-4-6-21/h7-10,14-16,21H,3-6,11-13H2,1-2H3,(H,27,31)(H,29,30). The van der Waals surface area contributed by atoms with Gasteiger partial charge in [-0.05, 0) is 67.1 Å². The number of fused-ring (bicyclic) bond motifs is 1. The van der Waals surface area contributed by atoms with E-state index in [0.717, 1.165) is 47.7 Å². The van der Waals surface area contributed by atoms with E-state index in [4.69, 9.17) is 14.2 Å². The number of nitrogens with zero attached hydrogens (tertiary/aromatic N) is 1. The van der Waals surface area contributed by atoms with Gasteiger partial charge in [-0.15, -0.1) is 0 Å². The van der Waals surface area contributed by atoms with Gasteiger partial charge in [-0.25, -0.2) is 9.59 Å². The molecule has 0 atom stereocenters. The molecular weight excluding hydrogens is 436 g/mol. The number of carbonyl (C=O) groups excluding carboxylic acids is 1. The average Bonchev–Trinajstić information content (AvgIpc) is 3.45. The number of anilines is 1. The molecule has 3 aromatic rings. The first-order valence-corrected chi connectivity index (χ1v) is 11.5. The maximum Gasteiger partial charge on any atom is 0.411 e. The highest BCUT2D eigenvalue weighted by Crippen LogP contribution is 2.30. The van der Waals surface area contributed by atoms with Gasteiger partial charge in [0.1, 0.15) is 11.9 Å². The summed E-state index contributed by atoms with van der Waals surface area (Å²) in [4.78, 5) is 23.7. The van der Waals surface area contributed by atoms with Crippen LogP contribution in [0.5, 0.6) is 5.75 Å². The Labute approximate surface area is 198 Å². The van der Waals surface area contributed by atoms with Crippen LogP contribution in [0.1, 0.15) is 47.2 Å². The largest absolute Gasteiger partial charge is 0.496 e. The fraction of sp³-hybridized carbons (Fsp3) is 0.385. The van der Waals surface area contributed by atoms with Crippen molar-refractivity contribution < 1.29 is 28.9 Å². The molecule has 180 valence electrons. The minimum atomic E-state index is -0.999. The number of aromatic carboxylic acids is 1. The van der Waals surface area contributed by atoms with Crippen molar-refractivity contribution >= 4 is 28.7 Å². The van der Waals surface area contributed by atoms with Crippen molar-refractivity contribution in [1.82, 2.24) is 4.57 Å². The molecule has 34 heavy (non-hydrogen) atoms. The molecule has 0 aliphatic heterocycles. The molecular formula is C26H30N2O6. The molecule has 8 heteroatoms. The second kappa shape index (κ2) is 10.6. The van der Waals surface area contributed by atoms with Gasteiger partial charge in [-0.1, -0.05) is 6.07 Å². The van der Waals surface area contributed by atoms with E-state index < -0.39 is 12.1 Å². The fourth-order valence-corrected chi connectivity index (χ4v) is 4.50. The van der Waals surface area contributed by atoms with Crippen molar-refractivity contribution in [2.24, 2.45) is 0 Å². The number of ether oxygens (including phenoxy) is 3. The average molecular weight is 467 g/mol. The monoisotopic (exact) mass is 466 g/mol. The van der Waals surface area contributed by atoms with Gasteiger partial charge < -0.3 is 23.9 Å². The number of amides is 1. The second-order valence-electron chi connectivity index (χ2n) is 8.52. The van der Waals surface area contributed by atoms with Crippen molar-refractivity contribution in [3.63, 3.8) is 0 Å². The molecule has 0 bridgehead atoms. The first kappa shape index (κ1) is 23.6. The van der Waals surface area contributed by atoms with Crippen molar-refractivity contribution in [2.45, 2.75) is 44.8 Å². The van der Waals surface area contributed by atoms with Crippen LogP contribution in [0.25, 0.3) is 10.9 Å². The Kier molecular flexibility index (Phi) is 7.37. The Bertz CT molecular complexity index is 1180. The third-order valence-corrected chi connectivity index (χ3v) is 6.24. The number of carboxylic acid groups (broad SMARTS) is 1. The van der Waals surface area contributed by atoms with Gasteiger partial charge in [-0.3, -0.25) is 5.32 Å². The second-order valence-corrected chi connectivity index (χ2v) is 8.52. The first-order chi connectivity index (χ1) is 16.5. The van der Waals surface area contributed by atoms with E-state index in [2.05, 4.69) is 16.1 Å². The van der Waals surface area contributed by atoms with Crippen LogP contribution < -0.4 is 10.1 Å². The maximum atomic E-state index is 12.4. The smallest absolute Gasteiger partial charge is 0.411 e. The molecule has 1 aliphatic rings. The Hall–Kier alpha value is -3.52. The number of aromatic nitrogens is 1. The Morgan fingerprint density at radius 1 is 1.09 bits per heavy atom. The highest BCUT2D eigenvalue weighted by atomic mass is 16.6. The number of hydrogen-bond acceptors (Lipinski definition) is 5. The summed E-state index contributed by atoms with van der Waals surface area (Å²) in [6.07, 6.45) is 6.19. The number of carboxylic acids is 1. The SMILES string of the molecule is COCCn1cc(Cc2ccc(C(=O)O)cc2OC)c2cc(NC(=O)OC3CCCC3)ccc21. The molecule has 1 aliphatic carbocycles. The lowest BCUT2D eigenvalue weighted by atomic mass is 10.0.